The maximum atomic E-state index is 12.3. The SMILES string of the molecule is CC(C)(C)OC(=O)N1CCN(CC2(O)CCN(C(=O)OCc3ccccc3)CC2)CC1. The average Bonchev–Trinajstić information content (AvgIpc) is 2.72. The van der Waals surface area contributed by atoms with Gasteiger partial charge in [0.2, 0.25) is 0 Å². The van der Waals surface area contributed by atoms with Crippen molar-refractivity contribution < 1.29 is 24.2 Å². The highest BCUT2D eigenvalue weighted by Crippen LogP contribution is 2.25. The zero-order valence-electron chi connectivity index (χ0n) is 18.9. The minimum atomic E-state index is -0.829. The number of benzene rings is 1. The molecule has 2 heterocycles. The van der Waals surface area contributed by atoms with Crippen LogP contribution < -0.4 is 0 Å². The molecule has 0 radical (unpaired) electrons. The van der Waals surface area contributed by atoms with E-state index in [1.165, 1.54) is 0 Å². The molecule has 0 saturated carbocycles. The number of carbonyl (C=O) groups is 2. The number of hydrogen-bond donors (Lipinski definition) is 1. The van der Waals surface area contributed by atoms with Gasteiger partial charge in [0.05, 0.1) is 5.60 Å². The van der Waals surface area contributed by atoms with E-state index in [-0.39, 0.29) is 18.8 Å². The number of rotatable bonds is 4. The maximum absolute atomic E-state index is 12.3. The van der Waals surface area contributed by atoms with Gasteiger partial charge in [-0.1, -0.05) is 30.3 Å². The monoisotopic (exact) mass is 433 g/mol. The van der Waals surface area contributed by atoms with E-state index in [9.17, 15) is 14.7 Å². The number of amides is 2. The van der Waals surface area contributed by atoms with Crippen molar-refractivity contribution in [3.63, 3.8) is 0 Å². The van der Waals surface area contributed by atoms with E-state index >= 15 is 0 Å². The van der Waals surface area contributed by atoms with Crippen LogP contribution in [0.5, 0.6) is 0 Å². The van der Waals surface area contributed by atoms with Crippen molar-refractivity contribution >= 4 is 12.2 Å². The van der Waals surface area contributed by atoms with Gasteiger partial charge in [-0.05, 0) is 39.2 Å². The first-order chi connectivity index (χ1) is 14.6. The van der Waals surface area contributed by atoms with Gasteiger partial charge in [0.15, 0.2) is 0 Å². The van der Waals surface area contributed by atoms with Crippen LogP contribution in [0.25, 0.3) is 0 Å². The molecule has 0 aromatic heterocycles. The zero-order valence-corrected chi connectivity index (χ0v) is 18.9. The number of ether oxygens (including phenoxy) is 2. The normalized spacial score (nSPS) is 19.7. The minimum Gasteiger partial charge on any atom is -0.445 e. The van der Waals surface area contributed by atoms with Gasteiger partial charge >= 0.3 is 12.2 Å². The Bertz CT molecular complexity index is 733. The van der Waals surface area contributed by atoms with Crippen LogP contribution in [0.1, 0.15) is 39.2 Å². The standard InChI is InChI=1S/C23H35N3O5/c1-22(2,3)31-21(28)26-15-13-24(14-16-26)18-23(29)9-11-25(12-10-23)20(27)30-17-19-7-5-4-6-8-19/h4-8,29H,9-18H2,1-3H3. The van der Waals surface area contributed by atoms with Crippen LogP contribution in [0.15, 0.2) is 30.3 Å². The van der Waals surface area contributed by atoms with Crippen molar-refractivity contribution in [2.75, 3.05) is 45.8 Å². The first-order valence-corrected chi connectivity index (χ1v) is 11.0. The molecule has 0 atom stereocenters. The third kappa shape index (κ3) is 7.11. The predicted octanol–water partition coefficient (Wildman–Crippen LogP) is 2.70. The van der Waals surface area contributed by atoms with Gasteiger partial charge in [0.25, 0.3) is 0 Å². The molecule has 8 heteroatoms. The average molecular weight is 434 g/mol. The Kier molecular flexibility index (Phi) is 7.43. The van der Waals surface area contributed by atoms with E-state index in [1.54, 1.807) is 9.80 Å². The lowest BCUT2D eigenvalue weighted by Crippen LogP contribution is -2.56. The molecule has 1 N–H and O–H groups in total. The van der Waals surface area contributed by atoms with Gasteiger partial charge < -0.3 is 24.4 Å². The molecule has 2 saturated heterocycles. The number of aliphatic hydroxyl groups is 1. The number of piperazine rings is 1. The van der Waals surface area contributed by atoms with Gasteiger partial charge in [-0.3, -0.25) is 4.90 Å². The molecule has 2 aliphatic heterocycles. The molecule has 2 aliphatic rings. The van der Waals surface area contributed by atoms with E-state index in [0.717, 1.165) is 5.56 Å². The summed E-state index contributed by atoms with van der Waals surface area (Å²) in [7, 11) is 0. The third-order valence-corrected chi connectivity index (χ3v) is 5.70. The van der Waals surface area contributed by atoms with Gasteiger partial charge in [-0.2, -0.15) is 0 Å². The number of nitrogens with zero attached hydrogens (tertiary/aromatic N) is 3. The van der Waals surface area contributed by atoms with Crippen LogP contribution in [-0.4, -0.2) is 89.0 Å². The molecule has 3 rings (SSSR count). The predicted molar refractivity (Wildman–Crippen MR) is 117 cm³/mol. The van der Waals surface area contributed by atoms with Crippen molar-refractivity contribution in [3.05, 3.63) is 35.9 Å². The minimum absolute atomic E-state index is 0.252. The summed E-state index contributed by atoms with van der Waals surface area (Å²) in [5.74, 6) is 0. The van der Waals surface area contributed by atoms with Crippen LogP contribution in [-0.2, 0) is 16.1 Å². The number of hydrogen-bond acceptors (Lipinski definition) is 6. The fraction of sp³-hybridized carbons (Fsp3) is 0.652. The van der Waals surface area contributed by atoms with Crippen molar-refractivity contribution in [3.8, 4) is 0 Å². The number of likely N-dealkylation sites (tertiary alicyclic amines) is 1. The Labute approximate surface area is 184 Å². The lowest BCUT2D eigenvalue weighted by Gasteiger charge is -2.43. The quantitative estimate of drug-likeness (QED) is 0.786. The molecule has 172 valence electrons. The van der Waals surface area contributed by atoms with E-state index < -0.39 is 11.2 Å². The summed E-state index contributed by atoms with van der Waals surface area (Å²) in [5.41, 5.74) is -0.376. The summed E-state index contributed by atoms with van der Waals surface area (Å²) in [6.07, 6.45) is 0.407. The van der Waals surface area contributed by atoms with Crippen molar-refractivity contribution in [2.24, 2.45) is 0 Å². The lowest BCUT2D eigenvalue weighted by atomic mass is 9.90. The molecule has 0 bridgehead atoms. The van der Waals surface area contributed by atoms with Crippen molar-refractivity contribution in [1.82, 2.24) is 14.7 Å². The Morgan fingerprint density at radius 2 is 1.52 bits per heavy atom. The molecule has 0 spiro atoms. The van der Waals surface area contributed by atoms with Gasteiger partial charge in [-0.25, -0.2) is 9.59 Å². The van der Waals surface area contributed by atoms with E-state index in [1.807, 2.05) is 51.1 Å². The largest absolute Gasteiger partial charge is 0.445 e. The Hall–Kier alpha value is -2.32. The first-order valence-electron chi connectivity index (χ1n) is 11.0. The Morgan fingerprint density at radius 3 is 2.10 bits per heavy atom. The Morgan fingerprint density at radius 1 is 0.935 bits per heavy atom. The highest BCUT2D eigenvalue weighted by Gasteiger charge is 2.37. The van der Waals surface area contributed by atoms with Gasteiger partial charge in [0.1, 0.15) is 12.2 Å². The molecule has 1 aromatic rings. The molecular formula is C23H35N3O5. The fourth-order valence-electron chi connectivity index (χ4n) is 3.91. The molecule has 2 amide bonds. The summed E-state index contributed by atoms with van der Waals surface area (Å²) in [4.78, 5) is 30.1. The fourth-order valence-corrected chi connectivity index (χ4v) is 3.91. The molecule has 1 aromatic carbocycles. The lowest BCUT2D eigenvalue weighted by molar-refractivity contribution is -0.0518. The summed E-state index contributed by atoms with van der Waals surface area (Å²) in [6, 6.07) is 9.60. The highest BCUT2D eigenvalue weighted by atomic mass is 16.6. The van der Waals surface area contributed by atoms with E-state index in [4.69, 9.17) is 9.47 Å². The van der Waals surface area contributed by atoms with E-state index in [2.05, 4.69) is 4.90 Å². The van der Waals surface area contributed by atoms with Crippen LogP contribution in [0.2, 0.25) is 0 Å². The van der Waals surface area contributed by atoms with E-state index in [0.29, 0.717) is 58.7 Å². The number of β-amino-alcohol motifs (C(OH)–C–C–N with tert-alkyl or cyclic N) is 1. The summed E-state index contributed by atoms with van der Waals surface area (Å²) < 4.78 is 10.8. The molecule has 8 nitrogen and oxygen atoms in total. The zero-order chi connectivity index (χ0) is 22.5. The summed E-state index contributed by atoms with van der Waals surface area (Å²) in [5, 5.41) is 11.0. The van der Waals surface area contributed by atoms with Crippen LogP contribution in [0.3, 0.4) is 0 Å². The molecule has 31 heavy (non-hydrogen) atoms. The first kappa shape index (κ1) is 23.3. The highest BCUT2D eigenvalue weighted by molar-refractivity contribution is 5.68. The van der Waals surface area contributed by atoms with Gasteiger partial charge in [-0.15, -0.1) is 0 Å². The van der Waals surface area contributed by atoms with Crippen molar-refractivity contribution in [2.45, 2.75) is 51.4 Å². The van der Waals surface area contributed by atoms with Crippen LogP contribution in [0.4, 0.5) is 9.59 Å². The second kappa shape index (κ2) is 9.87. The Balaban J connectivity index is 1.39. The number of carbonyl (C=O) groups excluding carboxylic acids is 2. The third-order valence-electron chi connectivity index (χ3n) is 5.70. The maximum Gasteiger partial charge on any atom is 0.410 e. The van der Waals surface area contributed by atoms with Crippen LogP contribution in [0, 0.1) is 0 Å². The second-order valence-corrected chi connectivity index (χ2v) is 9.50. The molecular weight excluding hydrogens is 398 g/mol. The van der Waals surface area contributed by atoms with Gasteiger partial charge in [0, 0.05) is 45.8 Å². The molecule has 2 fully saturated rings. The number of piperidine rings is 1. The topological polar surface area (TPSA) is 82.6 Å². The second-order valence-electron chi connectivity index (χ2n) is 9.50. The summed E-state index contributed by atoms with van der Waals surface area (Å²) in [6.45, 7) is 9.90. The summed E-state index contributed by atoms with van der Waals surface area (Å²) >= 11 is 0. The smallest absolute Gasteiger partial charge is 0.410 e. The molecule has 0 aliphatic carbocycles. The molecule has 0 unspecified atom stereocenters. The van der Waals surface area contributed by atoms with Crippen LogP contribution >= 0.6 is 0 Å². The van der Waals surface area contributed by atoms with Crippen molar-refractivity contribution in [1.29, 1.82) is 0 Å².